The minimum Gasteiger partial charge on any atom is -0.439 e. The van der Waals surface area contributed by atoms with Crippen LogP contribution in [0.1, 0.15) is 16.7 Å². The average Bonchev–Trinajstić information content (AvgIpc) is 2.77. The lowest BCUT2D eigenvalue weighted by molar-refractivity contribution is -0.385. The Labute approximate surface area is 193 Å². The van der Waals surface area contributed by atoms with Crippen LogP contribution in [0.25, 0.3) is 6.08 Å². The van der Waals surface area contributed by atoms with Crippen molar-refractivity contribution in [3.63, 3.8) is 0 Å². The van der Waals surface area contributed by atoms with Crippen molar-refractivity contribution in [3.8, 4) is 11.6 Å². The number of aromatic nitrogens is 1. The maximum Gasteiger partial charge on any atom is 0.335 e. The fourth-order valence-electron chi connectivity index (χ4n) is 3.43. The van der Waals surface area contributed by atoms with Gasteiger partial charge in [0.1, 0.15) is 17.5 Å². The van der Waals surface area contributed by atoms with Crippen molar-refractivity contribution in [2.45, 2.75) is 13.8 Å². The fraction of sp³-hybridized carbons (Fsp3) is 0.0833. The van der Waals surface area contributed by atoms with Gasteiger partial charge >= 0.3 is 6.03 Å². The van der Waals surface area contributed by atoms with Gasteiger partial charge in [-0.3, -0.25) is 25.0 Å². The third kappa shape index (κ3) is 4.65. The zero-order valence-electron chi connectivity index (χ0n) is 18.1. The normalized spacial score (nSPS) is 14.8. The van der Waals surface area contributed by atoms with Crippen molar-refractivity contribution >= 4 is 35.3 Å². The molecule has 3 aromatic rings. The molecule has 1 aliphatic rings. The van der Waals surface area contributed by atoms with E-state index in [1.54, 1.807) is 36.4 Å². The predicted molar refractivity (Wildman–Crippen MR) is 122 cm³/mol. The molecule has 1 N–H and O–H groups in total. The molecule has 0 bridgehead atoms. The van der Waals surface area contributed by atoms with Gasteiger partial charge in [-0.1, -0.05) is 18.2 Å². The molecule has 0 saturated carbocycles. The van der Waals surface area contributed by atoms with Crippen LogP contribution < -0.4 is 15.0 Å². The van der Waals surface area contributed by atoms with Crippen LogP contribution in [0, 0.1) is 24.0 Å². The summed E-state index contributed by atoms with van der Waals surface area (Å²) in [5.74, 6) is -0.948. The molecule has 0 atom stereocenters. The highest BCUT2D eigenvalue weighted by Gasteiger charge is 2.36. The Kier molecular flexibility index (Phi) is 5.88. The lowest BCUT2D eigenvalue weighted by Crippen LogP contribution is -2.54. The predicted octanol–water partition coefficient (Wildman–Crippen LogP) is 4.07. The van der Waals surface area contributed by atoms with Crippen LogP contribution >= 0.6 is 0 Å². The maximum atomic E-state index is 13.1. The molecule has 0 unspecified atom stereocenters. The summed E-state index contributed by atoms with van der Waals surface area (Å²) in [6.45, 7) is 3.70. The van der Waals surface area contributed by atoms with E-state index >= 15 is 0 Å². The van der Waals surface area contributed by atoms with Gasteiger partial charge in [0, 0.05) is 12.1 Å². The Morgan fingerprint density at radius 1 is 1.00 bits per heavy atom. The van der Waals surface area contributed by atoms with E-state index in [2.05, 4.69) is 10.3 Å². The Hall–Kier alpha value is -4.86. The van der Waals surface area contributed by atoms with Gasteiger partial charge in [0.15, 0.2) is 0 Å². The number of pyridine rings is 1. The standard InChI is InChI=1S/C24H18N4O6/c1-14-9-15(2)11-18(10-14)27-23(30)20(22(29)26-24(27)31)12-16-3-6-19(7-4-16)34-21-8-5-17(13-25-21)28(32)33/h3-13H,1-2H3,(H,26,29,31)/b20-12+. The van der Waals surface area contributed by atoms with E-state index in [9.17, 15) is 24.5 Å². The number of anilines is 1. The molecule has 0 spiro atoms. The first kappa shape index (κ1) is 22.3. The fourth-order valence-corrected chi connectivity index (χ4v) is 3.43. The summed E-state index contributed by atoms with van der Waals surface area (Å²) in [5.41, 5.74) is 2.30. The molecular formula is C24H18N4O6. The molecule has 10 nitrogen and oxygen atoms in total. The van der Waals surface area contributed by atoms with Gasteiger partial charge in [-0.25, -0.2) is 14.7 Å². The molecule has 1 saturated heterocycles. The number of imide groups is 2. The van der Waals surface area contributed by atoms with Gasteiger partial charge in [0.05, 0.1) is 10.6 Å². The summed E-state index contributed by atoms with van der Waals surface area (Å²) < 4.78 is 5.56. The number of rotatable bonds is 5. The van der Waals surface area contributed by atoms with Crippen LogP contribution in [0.2, 0.25) is 0 Å². The number of urea groups is 1. The molecule has 4 amide bonds. The number of hydrogen-bond acceptors (Lipinski definition) is 7. The van der Waals surface area contributed by atoms with Gasteiger partial charge in [0.2, 0.25) is 5.88 Å². The van der Waals surface area contributed by atoms with Crippen LogP contribution in [0.4, 0.5) is 16.2 Å². The van der Waals surface area contributed by atoms with Gasteiger partial charge in [0.25, 0.3) is 17.5 Å². The van der Waals surface area contributed by atoms with Crippen molar-refractivity contribution in [1.29, 1.82) is 0 Å². The highest BCUT2D eigenvalue weighted by molar-refractivity contribution is 6.39. The van der Waals surface area contributed by atoms with E-state index in [1.165, 1.54) is 18.2 Å². The first-order valence-corrected chi connectivity index (χ1v) is 10.1. The van der Waals surface area contributed by atoms with Crippen LogP contribution in [-0.2, 0) is 9.59 Å². The Balaban J connectivity index is 1.56. The summed E-state index contributed by atoms with van der Waals surface area (Å²) in [5, 5.41) is 12.9. The van der Waals surface area contributed by atoms with Crippen LogP contribution in [0.15, 0.2) is 66.4 Å². The number of nitrogens with one attached hydrogen (secondary N) is 1. The second-order valence-corrected chi connectivity index (χ2v) is 7.59. The maximum absolute atomic E-state index is 13.1. The Bertz CT molecular complexity index is 1330. The van der Waals surface area contributed by atoms with Gasteiger partial charge in [-0.15, -0.1) is 0 Å². The minimum atomic E-state index is -0.809. The summed E-state index contributed by atoms with van der Waals surface area (Å²) in [7, 11) is 0. The summed E-state index contributed by atoms with van der Waals surface area (Å²) in [4.78, 5) is 52.8. The van der Waals surface area contributed by atoms with Crippen LogP contribution in [-0.4, -0.2) is 27.8 Å². The lowest BCUT2D eigenvalue weighted by Gasteiger charge is -2.27. The molecule has 10 heteroatoms. The molecule has 2 heterocycles. The van der Waals surface area contributed by atoms with Gasteiger partial charge in [-0.05, 0) is 60.9 Å². The average molecular weight is 458 g/mol. The molecule has 0 aliphatic carbocycles. The topological polar surface area (TPSA) is 132 Å². The van der Waals surface area contributed by atoms with Crippen molar-refractivity contribution in [3.05, 3.63) is 93.2 Å². The van der Waals surface area contributed by atoms with E-state index < -0.39 is 22.8 Å². The van der Waals surface area contributed by atoms with Crippen LogP contribution in [0.3, 0.4) is 0 Å². The quantitative estimate of drug-likeness (QED) is 0.264. The van der Waals surface area contributed by atoms with Crippen LogP contribution in [0.5, 0.6) is 11.6 Å². The minimum absolute atomic E-state index is 0.155. The van der Waals surface area contributed by atoms with Gasteiger partial charge in [-0.2, -0.15) is 0 Å². The molecule has 1 aliphatic heterocycles. The summed E-state index contributed by atoms with van der Waals surface area (Å²) in [6.07, 6.45) is 2.47. The molecule has 34 heavy (non-hydrogen) atoms. The Morgan fingerprint density at radius 2 is 1.68 bits per heavy atom. The molecular weight excluding hydrogens is 440 g/mol. The number of benzene rings is 2. The van der Waals surface area contributed by atoms with E-state index in [0.29, 0.717) is 17.0 Å². The third-order valence-electron chi connectivity index (χ3n) is 4.91. The second kappa shape index (κ2) is 8.94. The summed E-state index contributed by atoms with van der Waals surface area (Å²) in [6, 6.07) is 13.5. The number of ether oxygens (including phenoxy) is 1. The molecule has 2 aromatic carbocycles. The van der Waals surface area contributed by atoms with E-state index in [4.69, 9.17) is 4.74 Å². The highest BCUT2D eigenvalue weighted by atomic mass is 16.6. The number of carbonyl (C=O) groups is 3. The van der Waals surface area contributed by atoms with Crippen molar-refractivity contribution < 1.29 is 24.0 Å². The zero-order valence-corrected chi connectivity index (χ0v) is 18.1. The van der Waals surface area contributed by atoms with Gasteiger partial charge < -0.3 is 4.74 Å². The number of nitro groups is 1. The van der Waals surface area contributed by atoms with Crippen molar-refractivity contribution in [2.24, 2.45) is 0 Å². The number of carbonyl (C=O) groups excluding carboxylic acids is 3. The van der Waals surface area contributed by atoms with E-state index in [1.807, 2.05) is 19.9 Å². The summed E-state index contributed by atoms with van der Waals surface area (Å²) >= 11 is 0. The number of hydrogen-bond donors (Lipinski definition) is 1. The monoisotopic (exact) mass is 458 g/mol. The number of aryl methyl sites for hydroxylation is 2. The number of amides is 4. The van der Waals surface area contributed by atoms with Crippen molar-refractivity contribution in [1.82, 2.24) is 10.3 Å². The van der Waals surface area contributed by atoms with Crippen molar-refractivity contribution in [2.75, 3.05) is 4.90 Å². The zero-order chi connectivity index (χ0) is 24.4. The largest absolute Gasteiger partial charge is 0.439 e. The van der Waals surface area contributed by atoms with E-state index in [0.717, 1.165) is 22.2 Å². The molecule has 0 radical (unpaired) electrons. The number of nitrogens with zero attached hydrogens (tertiary/aromatic N) is 3. The molecule has 4 rings (SSSR count). The molecule has 170 valence electrons. The first-order valence-electron chi connectivity index (χ1n) is 10.1. The third-order valence-corrected chi connectivity index (χ3v) is 4.91. The second-order valence-electron chi connectivity index (χ2n) is 7.59. The SMILES string of the molecule is Cc1cc(C)cc(N2C(=O)NC(=O)/C(=C\c3ccc(Oc4ccc([N+](=O)[O-])cn4)cc3)C2=O)c1. The Morgan fingerprint density at radius 3 is 2.26 bits per heavy atom. The molecule has 1 aromatic heterocycles. The highest BCUT2D eigenvalue weighted by Crippen LogP contribution is 2.26. The van der Waals surface area contributed by atoms with E-state index in [-0.39, 0.29) is 17.1 Å². The molecule has 1 fully saturated rings. The smallest absolute Gasteiger partial charge is 0.335 e. The number of barbiturate groups is 1. The first-order chi connectivity index (χ1) is 16.2. The lowest BCUT2D eigenvalue weighted by atomic mass is 10.1.